The van der Waals surface area contributed by atoms with Crippen molar-refractivity contribution in [2.75, 3.05) is 151 Å². The van der Waals surface area contributed by atoms with E-state index in [4.69, 9.17) is 50.6 Å². The molecule has 0 spiro atoms. The molecular formula is C62H85ClN12O11S. The fourth-order valence-corrected chi connectivity index (χ4v) is 9.81. The van der Waals surface area contributed by atoms with E-state index in [-0.39, 0.29) is 49.5 Å². The Labute approximate surface area is 519 Å². The van der Waals surface area contributed by atoms with E-state index < -0.39 is 12.1 Å². The monoisotopic (exact) mass is 1240 g/mol. The van der Waals surface area contributed by atoms with E-state index >= 15 is 0 Å². The summed E-state index contributed by atoms with van der Waals surface area (Å²) >= 11 is 7.36. The number of thiazole rings is 1. The van der Waals surface area contributed by atoms with Gasteiger partial charge in [0.25, 0.3) is 0 Å². The molecule has 2 aromatic heterocycles. The van der Waals surface area contributed by atoms with E-state index in [1.807, 2.05) is 48.3 Å². The van der Waals surface area contributed by atoms with Crippen molar-refractivity contribution in [1.82, 2.24) is 34.9 Å². The quantitative estimate of drug-likeness (QED) is 0.0133. The number of nitrogens with one attached hydrogen (secondary N) is 3. The van der Waals surface area contributed by atoms with Gasteiger partial charge in [0.1, 0.15) is 24.1 Å². The number of likely N-dealkylation sites (N-methyl/N-ethyl adjacent to an activating group) is 2. The number of aryl methyl sites for hydroxylation is 1. The normalized spacial score (nSPS) is 13.2. The van der Waals surface area contributed by atoms with Crippen LogP contribution in [0.15, 0.2) is 107 Å². The number of nitrogens with zero attached hydrogens (tertiary/aromatic N) is 8. The lowest BCUT2D eigenvalue weighted by Gasteiger charge is -2.32. The minimum Gasteiger partial charge on any atom is -0.494 e. The van der Waals surface area contributed by atoms with Gasteiger partial charge in [-0.25, -0.2) is 14.8 Å². The number of rotatable bonds is 40. The molecular weight excluding hydrogens is 1160 g/mol. The first-order chi connectivity index (χ1) is 42.4. The summed E-state index contributed by atoms with van der Waals surface area (Å²) in [6.45, 7) is 9.84. The van der Waals surface area contributed by atoms with Crippen LogP contribution < -0.4 is 36.0 Å². The number of unbranched alkanes of at least 4 members (excludes halogenated alkanes) is 1. The van der Waals surface area contributed by atoms with Crippen molar-refractivity contribution < 1.29 is 52.3 Å². The molecule has 5 aromatic rings. The maximum Gasteiger partial charge on any atom is 0.325 e. The Bertz CT molecular complexity index is 2880. The van der Waals surface area contributed by atoms with Gasteiger partial charge in [0, 0.05) is 106 Å². The number of anilines is 2. The maximum absolute atomic E-state index is 14.1. The molecule has 3 aromatic carbocycles. The number of benzene rings is 3. The zero-order valence-electron chi connectivity index (χ0n) is 50.5. The first-order valence-electron chi connectivity index (χ1n) is 29.3. The summed E-state index contributed by atoms with van der Waals surface area (Å²) in [6, 6.07) is 24.1. The van der Waals surface area contributed by atoms with Gasteiger partial charge >= 0.3 is 6.03 Å². The SMILES string of the molecule is COCCCN(C(=O)CCc1ccc(OCCCCN(C)CCOCCOCC/C(C=NCCOCCOc2ccc(NC(=O)Nc3nc(CC(=O)N4CCN(C)CC4)cs3)cc2)=N/N)cc1)C(C(=O)NCc1ccc(Cl)cc1)c1cccnc1OC. The average Bonchev–Trinajstić information content (AvgIpc) is 2.50. The molecule has 25 heteroatoms. The van der Waals surface area contributed by atoms with E-state index in [9.17, 15) is 19.2 Å². The number of piperazine rings is 1. The highest BCUT2D eigenvalue weighted by Gasteiger charge is 2.34. The molecule has 1 fully saturated rings. The third kappa shape index (κ3) is 25.9. The Hall–Kier alpha value is -7.29. The summed E-state index contributed by atoms with van der Waals surface area (Å²) in [5, 5.41) is 15.2. The fraction of sp³-hybridized carbons (Fsp3) is 0.484. The lowest BCUT2D eigenvalue weighted by atomic mass is 10.0. The first kappa shape index (κ1) is 68.8. The van der Waals surface area contributed by atoms with E-state index in [2.05, 4.69) is 52.9 Å². The van der Waals surface area contributed by atoms with Crippen molar-refractivity contribution in [3.8, 4) is 17.4 Å². The van der Waals surface area contributed by atoms with Crippen molar-refractivity contribution in [2.24, 2.45) is 15.9 Å². The van der Waals surface area contributed by atoms with Crippen LogP contribution in [0.5, 0.6) is 17.4 Å². The first-order valence-corrected chi connectivity index (χ1v) is 30.6. The second kappa shape index (κ2) is 39.5. The molecule has 1 saturated heterocycles. The Morgan fingerprint density at radius 3 is 2.21 bits per heavy atom. The average molecular weight is 1240 g/mol. The lowest BCUT2D eigenvalue weighted by Crippen LogP contribution is -2.47. The number of pyridine rings is 1. The molecule has 5 amide bonds. The molecule has 0 saturated carbocycles. The van der Waals surface area contributed by atoms with Crippen molar-refractivity contribution in [3.05, 3.63) is 124 Å². The molecule has 23 nitrogen and oxygen atoms in total. The van der Waals surface area contributed by atoms with Crippen LogP contribution in [0, 0.1) is 0 Å². The Kier molecular flexibility index (Phi) is 31.2. The van der Waals surface area contributed by atoms with Gasteiger partial charge in [-0.2, -0.15) is 5.10 Å². The third-order valence-corrected chi connectivity index (χ3v) is 14.9. The number of hydrogen-bond donors (Lipinski definition) is 4. The number of urea groups is 1. The molecule has 5 N–H and O–H groups in total. The van der Waals surface area contributed by atoms with Crippen LogP contribution in [0.3, 0.4) is 0 Å². The molecule has 3 heterocycles. The molecule has 0 aliphatic carbocycles. The fourth-order valence-electron chi connectivity index (χ4n) is 8.98. The summed E-state index contributed by atoms with van der Waals surface area (Å²) < 4.78 is 39.9. The standard InChI is InChI=1S/C62H85ClN12O11S/c1-72(27-5-6-35-85-53-19-12-47(13-20-53)14-23-56(76)75(28-8-34-80-3)58(55-9-7-25-66-60(55)81-4)59(78)67-44-48-10-15-49(63)16-11-48)33-38-84-40-39-82-36-24-51(71-64)45-65-26-37-83-41-42-86-54-21-17-50(18-22-54)68-61(79)70-62-69-52(46-87-62)43-57(77)74-31-29-73(2)30-32-74/h7,9-13,15-22,25,45-46,58H,5-6,8,14,23-24,26-44,64H2,1-4H3,(H,67,78)(H2,68,69,70,79)/b65-45?,71-51-. The smallest absolute Gasteiger partial charge is 0.325 e. The van der Waals surface area contributed by atoms with Crippen LogP contribution in [0.25, 0.3) is 0 Å². The summed E-state index contributed by atoms with van der Waals surface area (Å²) in [4.78, 5) is 74.4. The number of hydrogen-bond acceptors (Lipinski definition) is 19. The minimum absolute atomic E-state index is 0.0410. The molecule has 472 valence electrons. The zero-order valence-corrected chi connectivity index (χ0v) is 52.1. The summed E-state index contributed by atoms with van der Waals surface area (Å²) in [5.74, 6) is 6.74. The Morgan fingerprint density at radius 2 is 1.47 bits per heavy atom. The molecule has 6 rings (SSSR count). The number of halogens is 1. The van der Waals surface area contributed by atoms with Crippen LogP contribution in [0.2, 0.25) is 5.02 Å². The number of methoxy groups -OCH3 is 2. The van der Waals surface area contributed by atoms with Gasteiger partial charge in [-0.3, -0.25) is 24.7 Å². The van der Waals surface area contributed by atoms with Crippen LogP contribution in [-0.4, -0.2) is 205 Å². The Morgan fingerprint density at radius 1 is 0.770 bits per heavy atom. The number of aliphatic imine (C=N–C) groups is 1. The highest BCUT2D eigenvalue weighted by Crippen LogP contribution is 2.30. The van der Waals surface area contributed by atoms with Crippen LogP contribution >= 0.6 is 22.9 Å². The second-order valence-electron chi connectivity index (χ2n) is 20.5. The van der Waals surface area contributed by atoms with Crippen molar-refractivity contribution in [1.29, 1.82) is 0 Å². The molecule has 1 aliphatic heterocycles. The van der Waals surface area contributed by atoms with Crippen LogP contribution in [-0.2, 0) is 52.7 Å². The third-order valence-electron chi connectivity index (χ3n) is 13.9. The number of carbonyl (C=O) groups excluding carboxylic acids is 4. The second-order valence-corrected chi connectivity index (χ2v) is 21.8. The van der Waals surface area contributed by atoms with Gasteiger partial charge in [0.15, 0.2) is 5.13 Å². The van der Waals surface area contributed by atoms with Crippen molar-refractivity contribution >= 4 is 69.4 Å². The predicted octanol–water partition coefficient (Wildman–Crippen LogP) is 7.01. The summed E-state index contributed by atoms with van der Waals surface area (Å²) in [6.07, 6.45) is 6.97. The predicted molar refractivity (Wildman–Crippen MR) is 339 cm³/mol. The Balaban J connectivity index is 0.751. The van der Waals surface area contributed by atoms with Gasteiger partial charge in [-0.1, -0.05) is 35.9 Å². The molecule has 1 aliphatic rings. The largest absolute Gasteiger partial charge is 0.494 e. The van der Waals surface area contributed by atoms with Gasteiger partial charge in [0.2, 0.25) is 23.6 Å². The highest BCUT2D eigenvalue weighted by molar-refractivity contribution is 7.14. The number of amides is 5. The number of ether oxygens (including phenoxy) is 7. The van der Waals surface area contributed by atoms with Gasteiger partial charge in [0.05, 0.1) is 77.7 Å². The van der Waals surface area contributed by atoms with E-state index in [1.165, 1.54) is 18.4 Å². The van der Waals surface area contributed by atoms with Crippen LogP contribution in [0.4, 0.5) is 15.6 Å². The number of carbonyl (C=O) groups is 4. The molecule has 87 heavy (non-hydrogen) atoms. The minimum atomic E-state index is -0.988. The highest BCUT2D eigenvalue weighted by atomic mass is 35.5. The topological polar surface area (TPSA) is 258 Å². The number of aromatic nitrogens is 2. The molecule has 0 bridgehead atoms. The van der Waals surface area contributed by atoms with E-state index in [1.54, 1.807) is 78.3 Å². The maximum atomic E-state index is 14.1. The van der Waals surface area contributed by atoms with Gasteiger partial charge < -0.3 is 69.2 Å². The number of hydrazone groups is 1. The van der Waals surface area contributed by atoms with E-state index in [0.29, 0.717) is 137 Å². The lowest BCUT2D eigenvalue weighted by molar-refractivity contribution is -0.141. The van der Waals surface area contributed by atoms with Crippen molar-refractivity contribution in [3.63, 3.8) is 0 Å². The molecule has 1 atom stereocenters. The zero-order chi connectivity index (χ0) is 61.9. The van der Waals surface area contributed by atoms with Crippen LogP contribution in [0.1, 0.15) is 60.5 Å². The van der Waals surface area contributed by atoms with E-state index in [0.717, 1.165) is 55.9 Å². The number of nitrogens with two attached hydrogens (primary N) is 1. The van der Waals surface area contributed by atoms with Crippen molar-refractivity contribution in [2.45, 2.75) is 57.5 Å². The van der Waals surface area contributed by atoms with Gasteiger partial charge in [-0.05, 0) is 118 Å². The molecule has 1 unspecified atom stereocenters. The van der Waals surface area contributed by atoms with Gasteiger partial charge in [-0.15, -0.1) is 11.3 Å². The summed E-state index contributed by atoms with van der Waals surface area (Å²) in [5.41, 5.74) is 4.16. The summed E-state index contributed by atoms with van der Waals surface area (Å²) in [7, 11) is 7.22. The molecule has 0 radical (unpaired) electrons.